The van der Waals surface area contributed by atoms with Crippen molar-refractivity contribution in [1.82, 2.24) is 29.7 Å². The zero-order chi connectivity index (χ0) is 24.6. The number of rotatable bonds is 5. The number of amides is 1. The average molecular weight is 474 g/mol. The van der Waals surface area contributed by atoms with Gasteiger partial charge in [-0.05, 0) is 57.0 Å². The summed E-state index contributed by atoms with van der Waals surface area (Å²) >= 11 is 0. The number of hydrogen-bond acceptors (Lipinski definition) is 6. The summed E-state index contributed by atoms with van der Waals surface area (Å²) in [5.74, 6) is -0.183. The average Bonchev–Trinajstić information content (AvgIpc) is 3.51. The first kappa shape index (κ1) is 23.0. The van der Waals surface area contributed by atoms with E-state index in [1.165, 1.54) is 0 Å². The van der Waals surface area contributed by atoms with E-state index >= 15 is 0 Å². The second kappa shape index (κ2) is 9.14. The topological polar surface area (TPSA) is 89.6 Å². The Morgan fingerprint density at radius 3 is 2.66 bits per heavy atom. The van der Waals surface area contributed by atoms with Crippen LogP contribution in [0.3, 0.4) is 0 Å². The molecule has 0 spiro atoms. The molecule has 1 aliphatic heterocycles. The zero-order valence-electron chi connectivity index (χ0n) is 20.7. The fourth-order valence-electron chi connectivity index (χ4n) is 4.26. The molecule has 5 rings (SSSR count). The molecule has 0 bridgehead atoms. The smallest absolute Gasteiger partial charge is 0.272 e. The maximum absolute atomic E-state index is 12.6. The van der Waals surface area contributed by atoms with Crippen LogP contribution in [0.4, 0.5) is 5.69 Å². The third-order valence-electron chi connectivity index (χ3n) is 6.33. The highest BCUT2D eigenvalue weighted by molar-refractivity contribution is 5.92. The van der Waals surface area contributed by atoms with Gasteiger partial charge in [-0.3, -0.25) is 9.48 Å². The maximum Gasteiger partial charge on any atom is 0.272 e. The largest absolute Gasteiger partial charge is 0.378 e. The SMILES string of the molecule is Cc1cc(-c2ncnn3cc(N4CCOCC4)cc23)ccc1CNC(=O)c1ccn(C(C)(C)C)n1. The number of hydrogen-bond donors (Lipinski definition) is 1. The van der Waals surface area contributed by atoms with E-state index in [0.29, 0.717) is 12.2 Å². The summed E-state index contributed by atoms with van der Waals surface area (Å²) in [7, 11) is 0. The van der Waals surface area contributed by atoms with Gasteiger partial charge in [0.25, 0.3) is 5.91 Å². The van der Waals surface area contributed by atoms with Gasteiger partial charge in [-0.2, -0.15) is 10.2 Å². The summed E-state index contributed by atoms with van der Waals surface area (Å²) in [4.78, 5) is 19.5. The van der Waals surface area contributed by atoms with E-state index in [2.05, 4.69) is 65.2 Å². The second-order valence-electron chi connectivity index (χ2n) is 9.88. The number of benzene rings is 1. The summed E-state index contributed by atoms with van der Waals surface area (Å²) in [5, 5.41) is 11.8. The van der Waals surface area contributed by atoms with Gasteiger partial charge in [0.15, 0.2) is 0 Å². The monoisotopic (exact) mass is 473 g/mol. The van der Waals surface area contributed by atoms with Crippen molar-refractivity contribution in [2.75, 3.05) is 31.2 Å². The molecule has 1 N–H and O–H groups in total. The molecule has 9 nitrogen and oxygen atoms in total. The molecule has 0 aliphatic carbocycles. The first-order valence-electron chi connectivity index (χ1n) is 11.9. The Morgan fingerprint density at radius 1 is 1.14 bits per heavy atom. The minimum atomic E-state index is -0.183. The molecular weight excluding hydrogens is 442 g/mol. The van der Waals surface area contributed by atoms with Crippen LogP contribution in [0.25, 0.3) is 16.8 Å². The highest BCUT2D eigenvalue weighted by atomic mass is 16.5. The van der Waals surface area contributed by atoms with Crippen molar-refractivity contribution in [3.63, 3.8) is 0 Å². The van der Waals surface area contributed by atoms with Gasteiger partial charge in [0.05, 0.1) is 41.8 Å². The molecular formula is C26H31N7O2. The van der Waals surface area contributed by atoms with Crippen LogP contribution in [0.15, 0.2) is 49.1 Å². The van der Waals surface area contributed by atoms with Crippen molar-refractivity contribution < 1.29 is 9.53 Å². The molecule has 0 unspecified atom stereocenters. The lowest BCUT2D eigenvalue weighted by Gasteiger charge is -2.27. The number of carbonyl (C=O) groups excluding carboxylic acids is 1. The molecule has 1 aliphatic rings. The summed E-state index contributed by atoms with van der Waals surface area (Å²) in [5.41, 5.74) is 6.36. The number of aryl methyl sites for hydroxylation is 1. The van der Waals surface area contributed by atoms with Crippen molar-refractivity contribution in [3.8, 4) is 11.3 Å². The Labute approximate surface area is 204 Å². The van der Waals surface area contributed by atoms with Crippen molar-refractivity contribution in [2.24, 2.45) is 0 Å². The number of nitrogens with zero attached hydrogens (tertiary/aromatic N) is 6. The number of ether oxygens (including phenoxy) is 1. The molecule has 35 heavy (non-hydrogen) atoms. The third-order valence-corrected chi connectivity index (χ3v) is 6.33. The fourth-order valence-corrected chi connectivity index (χ4v) is 4.26. The predicted octanol–water partition coefficient (Wildman–Crippen LogP) is 3.42. The van der Waals surface area contributed by atoms with Gasteiger partial charge in [0, 0.05) is 31.4 Å². The Balaban J connectivity index is 1.33. The molecule has 0 saturated carbocycles. The molecule has 9 heteroatoms. The predicted molar refractivity (Wildman–Crippen MR) is 135 cm³/mol. The van der Waals surface area contributed by atoms with Gasteiger partial charge < -0.3 is 15.0 Å². The molecule has 1 saturated heterocycles. The molecule has 4 heterocycles. The molecule has 1 amide bonds. The Bertz CT molecular complexity index is 1360. The van der Waals surface area contributed by atoms with Crippen LogP contribution < -0.4 is 10.2 Å². The number of morpholine rings is 1. The summed E-state index contributed by atoms with van der Waals surface area (Å²) in [6.07, 6.45) is 5.47. The molecule has 0 radical (unpaired) electrons. The van der Waals surface area contributed by atoms with E-state index in [0.717, 1.165) is 59.9 Å². The minimum absolute atomic E-state index is 0.166. The van der Waals surface area contributed by atoms with Crippen molar-refractivity contribution in [1.29, 1.82) is 0 Å². The van der Waals surface area contributed by atoms with Crippen LogP contribution in [0.1, 0.15) is 42.4 Å². The van der Waals surface area contributed by atoms with Gasteiger partial charge in [-0.1, -0.05) is 12.1 Å². The highest BCUT2D eigenvalue weighted by Crippen LogP contribution is 2.28. The van der Waals surface area contributed by atoms with Gasteiger partial charge in [0.1, 0.15) is 12.0 Å². The normalized spacial score (nSPS) is 14.5. The van der Waals surface area contributed by atoms with Gasteiger partial charge in [-0.25, -0.2) is 9.50 Å². The number of carbonyl (C=O) groups is 1. The van der Waals surface area contributed by atoms with Crippen molar-refractivity contribution >= 4 is 17.1 Å². The van der Waals surface area contributed by atoms with Gasteiger partial charge in [-0.15, -0.1) is 0 Å². The van der Waals surface area contributed by atoms with E-state index < -0.39 is 0 Å². The number of fused-ring (bicyclic) bond motifs is 1. The van der Waals surface area contributed by atoms with Crippen LogP contribution in [0.2, 0.25) is 0 Å². The van der Waals surface area contributed by atoms with E-state index in [4.69, 9.17) is 4.74 Å². The van der Waals surface area contributed by atoms with Crippen LogP contribution in [-0.2, 0) is 16.8 Å². The van der Waals surface area contributed by atoms with Crippen LogP contribution in [0, 0.1) is 6.92 Å². The lowest BCUT2D eigenvalue weighted by atomic mass is 10.0. The van der Waals surface area contributed by atoms with Gasteiger partial charge >= 0.3 is 0 Å². The van der Waals surface area contributed by atoms with E-state index in [-0.39, 0.29) is 11.4 Å². The molecule has 4 aromatic rings. The van der Waals surface area contributed by atoms with E-state index in [1.54, 1.807) is 17.1 Å². The minimum Gasteiger partial charge on any atom is -0.378 e. The molecule has 0 atom stereocenters. The number of nitrogens with one attached hydrogen (secondary N) is 1. The number of aromatic nitrogens is 5. The Morgan fingerprint density at radius 2 is 1.94 bits per heavy atom. The standard InChI is InChI=1S/C26H31N7O2/c1-18-13-19(5-6-20(18)15-27-25(34)22-7-8-33(30-22)26(2,3)4)24-23-14-21(16-32(23)29-17-28-24)31-9-11-35-12-10-31/h5-8,13-14,16-17H,9-12,15H2,1-4H3,(H,27,34). The highest BCUT2D eigenvalue weighted by Gasteiger charge is 2.18. The molecule has 3 aromatic heterocycles. The third kappa shape index (κ3) is 4.77. The van der Waals surface area contributed by atoms with Gasteiger partial charge in [0.2, 0.25) is 0 Å². The molecule has 182 valence electrons. The molecule has 1 fully saturated rings. The number of anilines is 1. The quantitative estimate of drug-likeness (QED) is 0.478. The van der Waals surface area contributed by atoms with Crippen LogP contribution in [-0.4, -0.2) is 56.6 Å². The van der Waals surface area contributed by atoms with E-state index in [9.17, 15) is 4.79 Å². The summed E-state index contributed by atoms with van der Waals surface area (Å²) in [6, 6.07) is 10.1. The zero-order valence-corrected chi connectivity index (χ0v) is 20.7. The molecule has 1 aromatic carbocycles. The summed E-state index contributed by atoms with van der Waals surface area (Å²) < 4.78 is 9.16. The Hall–Kier alpha value is -3.72. The maximum atomic E-state index is 12.6. The van der Waals surface area contributed by atoms with Crippen LogP contribution in [0.5, 0.6) is 0 Å². The van der Waals surface area contributed by atoms with Crippen molar-refractivity contribution in [2.45, 2.75) is 39.8 Å². The first-order chi connectivity index (χ1) is 16.8. The second-order valence-corrected chi connectivity index (χ2v) is 9.88. The lowest BCUT2D eigenvalue weighted by Crippen LogP contribution is -2.35. The lowest BCUT2D eigenvalue weighted by molar-refractivity contribution is 0.0944. The summed E-state index contributed by atoms with van der Waals surface area (Å²) in [6.45, 7) is 11.8. The fraction of sp³-hybridized carbons (Fsp3) is 0.385. The van der Waals surface area contributed by atoms with E-state index in [1.807, 2.05) is 29.0 Å². The van der Waals surface area contributed by atoms with Crippen LogP contribution >= 0.6 is 0 Å². The van der Waals surface area contributed by atoms with Crippen molar-refractivity contribution in [3.05, 3.63) is 65.9 Å². The first-order valence-corrected chi connectivity index (χ1v) is 11.9. The Kier molecular flexibility index (Phi) is 6.02.